The van der Waals surface area contributed by atoms with E-state index in [2.05, 4.69) is 10.2 Å². The van der Waals surface area contributed by atoms with Gasteiger partial charge in [0.05, 0.1) is 11.3 Å². The van der Waals surface area contributed by atoms with Crippen LogP contribution in [0.25, 0.3) is 0 Å². The average Bonchev–Trinajstić information content (AvgIpc) is 3.13. The van der Waals surface area contributed by atoms with Crippen LogP contribution in [0.1, 0.15) is 48.0 Å². The lowest BCUT2D eigenvalue weighted by atomic mass is 10.1. The van der Waals surface area contributed by atoms with Gasteiger partial charge >= 0.3 is 0 Å². The van der Waals surface area contributed by atoms with Crippen LogP contribution < -0.4 is 10.2 Å². The molecule has 3 fully saturated rings. The smallest absolute Gasteiger partial charge is 0.253 e. The van der Waals surface area contributed by atoms with Gasteiger partial charge in [-0.05, 0) is 50.7 Å². The van der Waals surface area contributed by atoms with E-state index in [-0.39, 0.29) is 17.9 Å². The molecule has 4 rings (SSSR count). The first kappa shape index (κ1) is 16.6. The van der Waals surface area contributed by atoms with E-state index in [1.54, 1.807) is 4.90 Å². The van der Waals surface area contributed by atoms with Gasteiger partial charge in [0.1, 0.15) is 0 Å². The summed E-state index contributed by atoms with van der Waals surface area (Å²) in [5, 5.41) is 3.21. The van der Waals surface area contributed by atoms with Gasteiger partial charge < -0.3 is 15.1 Å². The Labute approximate surface area is 149 Å². The van der Waals surface area contributed by atoms with Crippen LogP contribution in [0.5, 0.6) is 0 Å². The van der Waals surface area contributed by atoms with Crippen LogP contribution in [-0.4, -0.2) is 48.9 Å². The minimum Gasteiger partial charge on any atom is -0.348 e. The Kier molecular flexibility index (Phi) is 4.50. The van der Waals surface area contributed by atoms with E-state index in [0.717, 1.165) is 43.1 Å². The van der Waals surface area contributed by atoms with Gasteiger partial charge in [0.25, 0.3) is 5.91 Å². The van der Waals surface area contributed by atoms with Gasteiger partial charge in [-0.3, -0.25) is 9.59 Å². The molecular formula is C20H27N3O2. The van der Waals surface area contributed by atoms with E-state index in [0.29, 0.717) is 18.5 Å². The Morgan fingerprint density at radius 2 is 2.08 bits per heavy atom. The van der Waals surface area contributed by atoms with Gasteiger partial charge in [0.2, 0.25) is 5.91 Å². The first-order valence-corrected chi connectivity index (χ1v) is 9.54. The average molecular weight is 341 g/mol. The molecule has 5 heteroatoms. The molecule has 1 saturated carbocycles. The number of nitrogens with zero attached hydrogens (tertiary/aromatic N) is 2. The Bertz CT molecular complexity index is 684. The molecule has 1 aromatic rings. The molecule has 1 atom stereocenters. The highest BCUT2D eigenvalue weighted by Crippen LogP contribution is 2.31. The summed E-state index contributed by atoms with van der Waals surface area (Å²) in [5.74, 6) is 0.963. The minimum absolute atomic E-state index is 0.0447. The fraction of sp³-hybridized carbons (Fsp3) is 0.600. The second-order valence-corrected chi connectivity index (χ2v) is 7.83. The zero-order valence-electron chi connectivity index (χ0n) is 15.0. The highest BCUT2D eigenvalue weighted by Gasteiger charge is 2.31. The number of likely N-dealkylation sites (tertiary alicyclic amines) is 1. The van der Waals surface area contributed by atoms with Crippen LogP contribution in [0, 0.1) is 12.8 Å². The molecule has 1 aliphatic carbocycles. The number of hydrogen-bond acceptors (Lipinski definition) is 3. The van der Waals surface area contributed by atoms with E-state index < -0.39 is 0 Å². The van der Waals surface area contributed by atoms with Crippen LogP contribution in [0.15, 0.2) is 18.2 Å². The second kappa shape index (κ2) is 6.79. The lowest BCUT2D eigenvalue weighted by molar-refractivity contribution is -0.117. The van der Waals surface area contributed by atoms with Crippen molar-refractivity contribution in [2.75, 3.05) is 31.1 Å². The highest BCUT2D eigenvalue weighted by atomic mass is 16.2. The largest absolute Gasteiger partial charge is 0.348 e. The zero-order valence-corrected chi connectivity index (χ0v) is 15.0. The molecule has 3 aliphatic rings. The summed E-state index contributed by atoms with van der Waals surface area (Å²) in [7, 11) is 0. The summed E-state index contributed by atoms with van der Waals surface area (Å²) in [5.41, 5.74) is 2.44. The third-order valence-electron chi connectivity index (χ3n) is 5.58. The van der Waals surface area contributed by atoms with Crippen LogP contribution in [0.4, 0.5) is 5.69 Å². The number of rotatable bonds is 5. The van der Waals surface area contributed by atoms with Crippen LogP contribution in [0.2, 0.25) is 0 Å². The first-order chi connectivity index (χ1) is 12.1. The third kappa shape index (κ3) is 3.71. The van der Waals surface area contributed by atoms with Crippen molar-refractivity contribution in [1.82, 2.24) is 10.2 Å². The summed E-state index contributed by atoms with van der Waals surface area (Å²) in [6, 6.07) is 6.02. The third-order valence-corrected chi connectivity index (χ3v) is 5.58. The van der Waals surface area contributed by atoms with E-state index in [1.807, 2.05) is 25.1 Å². The SMILES string of the molecule is Cc1ccc(N2CCCC2=O)c(C(=O)NC2CCN(CC3CC3)C2)c1. The molecule has 2 amide bonds. The summed E-state index contributed by atoms with van der Waals surface area (Å²) >= 11 is 0. The van der Waals surface area contributed by atoms with E-state index in [4.69, 9.17) is 0 Å². The second-order valence-electron chi connectivity index (χ2n) is 7.83. The maximum atomic E-state index is 12.9. The summed E-state index contributed by atoms with van der Waals surface area (Å²) in [4.78, 5) is 29.3. The van der Waals surface area contributed by atoms with Crippen molar-refractivity contribution in [2.45, 2.75) is 45.1 Å². The fourth-order valence-electron chi connectivity index (χ4n) is 4.01. The van der Waals surface area contributed by atoms with Gasteiger partial charge in [0.15, 0.2) is 0 Å². The predicted octanol–water partition coefficient (Wildman–Crippen LogP) is 2.34. The van der Waals surface area contributed by atoms with Gasteiger partial charge in [0, 0.05) is 38.6 Å². The van der Waals surface area contributed by atoms with Crippen molar-refractivity contribution in [3.63, 3.8) is 0 Å². The zero-order chi connectivity index (χ0) is 17.4. The molecule has 134 valence electrons. The summed E-state index contributed by atoms with van der Waals surface area (Å²) in [6.45, 7) is 5.91. The Morgan fingerprint density at radius 3 is 2.80 bits per heavy atom. The molecule has 0 bridgehead atoms. The number of benzene rings is 1. The molecule has 2 heterocycles. The van der Waals surface area contributed by atoms with Crippen LogP contribution in [-0.2, 0) is 4.79 Å². The highest BCUT2D eigenvalue weighted by molar-refractivity contribution is 6.05. The lowest BCUT2D eigenvalue weighted by Crippen LogP contribution is -2.38. The van der Waals surface area contributed by atoms with E-state index in [9.17, 15) is 9.59 Å². The number of carbonyl (C=O) groups excluding carboxylic acids is 2. The van der Waals surface area contributed by atoms with Gasteiger partial charge in [-0.1, -0.05) is 11.6 Å². The lowest BCUT2D eigenvalue weighted by Gasteiger charge is -2.21. The molecule has 5 nitrogen and oxygen atoms in total. The van der Waals surface area contributed by atoms with Gasteiger partial charge in [-0.15, -0.1) is 0 Å². The van der Waals surface area contributed by atoms with Gasteiger partial charge in [-0.25, -0.2) is 0 Å². The summed E-state index contributed by atoms with van der Waals surface area (Å²) in [6.07, 6.45) is 5.19. The van der Waals surface area contributed by atoms with Crippen molar-refractivity contribution >= 4 is 17.5 Å². The Morgan fingerprint density at radius 1 is 1.24 bits per heavy atom. The molecular weight excluding hydrogens is 314 g/mol. The van der Waals surface area contributed by atoms with Crippen LogP contribution in [0.3, 0.4) is 0 Å². The molecule has 1 N–H and O–H groups in total. The van der Waals surface area contributed by atoms with Crippen molar-refractivity contribution < 1.29 is 9.59 Å². The topological polar surface area (TPSA) is 52.7 Å². The molecule has 2 saturated heterocycles. The molecule has 1 unspecified atom stereocenters. The number of nitrogens with one attached hydrogen (secondary N) is 1. The number of carbonyl (C=O) groups is 2. The molecule has 2 aliphatic heterocycles. The predicted molar refractivity (Wildman–Crippen MR) is 97.8 cm³/mol. The van der Waals surface area contributed by atoms with Crippen molar-refractivity contribution in [3.05, 3.63) is 29.3 Å². The fourth-order valence-corrected chi connectivity index (χ4v) is 4.01. The normalized spacial score (nSPS) is 24.1. The number of amides is 2. The maximum absolute atomic E-state index is 12.9. The molecule has 0 aromatic heterocycles. The minimum atomic E-state index is -0.0447. The standard InChI is InChI=1S/C20H27N3O2/c1-14-4-7-18(23-9-2-3-19(23)24)17(11-14)20(25)21-16-8-10-22(13-16)12-15-5-6-15/h4,7,11,15-16H,2-3,5-6,8-10,12-13H2,1H3,(H,21,25). The molecule has 25 heavy (non-hydrogen) atoms. The maximum Gasteiger partial charge on any atom is 0.253 e. The van der Waals surface area contributed by atoms with Crippen molar-refractivity contribution in [1.29, 1.82) is 0 Å². The molecule has 0 spiro atoms. The number of aryl methyl sites for hydroxylation is 1. The number of anilines is 1. The molecule has 1 aromatic carbocycles. The van der Waals surface area contributed by atoms with Crippen molar-refractivity contribution in [3.8, 4) is 0 Å². The van der Waals surface area contributed by atoms with Crippen LogP contribution >= 0.6 is 0 Å². The Balaban J connectivity index is 1.46. The van der Waals surface area contributed by atoms with E-state index in [1.165, 1.54) is 19.4 Å². The number of hydrogen-bond donors (Lipinski definition) is 1. The molecule has 0 radical (unpaired) electrons. The monoisotopic (exact) mass is 341 g/mol. The Hall–Kier alpha value is -1.88. The first-order valence-electron chi connectivity index (χ1n) is 9.54. The summed E-state index contributed by atoms with van der Waals surface area (Å²) < 4.78 is 0. The quantitative estimate of drug-likeness (QED) is 0.894. The van der Waals surface area contributed by atoms with E-state index >= 15 is 0 Å². The van der Waals surface area contributed by atoms with Gasteiger partial charge in [-0.2, -0.15) is 0 Å². The van der Waals surface area contributed by atoms with Crippen molar-refractivity contribution in [2.24, 2.45) is 5.92 Å².